The lowest BCUT2D eigenvalue weighted by molar-refractivity contribution is 0.0730. The van der Waals surface area contributed by atoms with Gasteiger partial charge in [0, 0.05) is 13.1 Å². The van der Waals surface area contributed by atoms with Crippen LogP contribution in [-0.2, 0) is 4.84 Å². The van der Waals surface area contributed by atoms with Crippen LogP contribution in [0.4, 0.5) is 10.2 Å². The van der Waals surface area contributed by atoms with Crippen LogP contribution in [0.1, 0.15) is 15.9 Å². The van der Waals surface area contributed by atoms with Crippen LogP contribution < -0.4 is 5.06 Å². The second-order valence-electron chi connectivity index (χ2n) is 6.40. The van der Waals surface area contributed by atoms with Gasteiger partial charge in [-0.25, -0.2) is 14.4 Å². The number of halogens is 1. The Balaban J connectivity index is 1.54. The van der Waals surface area contributed by atoms with E-state index in [1.165, 1.54) is 10.9 Å². The number of rotatable bonds is 3. The second kappa shape index (κ2) is 7.73. The van der Waals surface area contributed by atoms with Crippen LogP contribution in [0.2, 0.25) is 0 Å². The summed E-state index contributed by atoms with van der Waals surface area (Å²) < 4.78 is 13.1. The van der Waals surface area contributed by atoms with Crippen molar-refractivity contribution < 1.29 is 14.0 Å². The summed E-state index contributed by atoms with van der Waals surface area (Å²) in [6.07, 6.45) is 4.28. The molecule has 144 valence electrons. The number of nitrogens with zero attached hydrogens (tertiary/aromatic N) is 6. The lowest BCUT2D eigenvalue weighted by Crippen LogP contribution is -2.36. The number of aromatic nitrogens is 4. The average Bonchev–Trinajstić information content (AvgIpc) is 3.12. The average molecular weight is 382 g/mol. The predicted octanol–water partition coefficient (Wildman–Crippen LogP) is 2.00. The summed E-state index contributed by atoms with van der Waals surface area (Å²) in [5, 5.41) is 9.87. The van der Waals surface area contributed by atoms with Gasteiger partial charge in [-0.2, -0.15) is 15.0 Å². The Labute approximate surface area is 161 Å². The Hall–Kier alpha value is -3.33. The van der Waals surface area contributed by atoms with Crippen LogP contribution in [0.5, 0.6) is 0 Å². The molecule has 1 saturated heterocycles. The third kappa shape index (κ3) is 3.70. The Kier molecular flexibility index (Phi) is 4.98. The molecule has 9 heteroatoms. The van der Waals surface area contributed by atoms with Crippen molar-refractivity contribution in [1.82, 2.24) is 24.9 Å². The summed E-state index contributed by atoms with van der Waals surface area (Å²) in [6, 6.07) is 8.48. The van der Waals surface area contributed by atoms with Gasteiger partial charge in [-0.3, -0.25) is 9.63 Å². The highest BCUT2D eigenvalue weighted by Gasteiger charge is 2.24. The number of pyridine rings is 1. The minimum atomic E-state index is -0.408. The number of hydrogen-bond donors (Lipinski definition) is 0. The molecule has 1 aromatic carbocycles. The van der Waals surface area contributed by atoms with E-state index in [4.69, 9.17) is 4.84 Å². The number of hydroxylamine groups is 1. The van der Waals surface area contributed by atoms with Crippen LogP contribution in [0.3, 0.4) is 0 Å². The first-order valence-electron chi connectivity index (χ1n) is 8.90. The number of hydrogen-bond acceptors (Lipinski definition) is 6. The molecule has 1 fully saturated rings. The maximum Gasteiger partial charge on any atom is 0.256 e. The Bertz CT molecular complexity index is 961. The normalized spacial score (nSPS) is 14.8. The highest BCUT2D eigenvalue weighted by molar-refractivity contribution is 5.98. The minimum Gasteiger partial charge on any atom is -0.334 e. The molecule has 0 spiro atoms. The van der Waals surface area contributed by atoms with Gasteiger partial charge in [-0.05, 0) is 31.2 Å². The maximum absolute atomic E-state index is 13.2. The molecule has 0 aliphatic carbocycles. The first-order chi connectivity index (χ1) is 13.6. The van der Waals surface area contributed by atoms with E-state index in [1.807, 2.05) is 25.1 Å². The number of benzene rings is 1. The van der Waals surface area contributed by atoms with Gasteiger partial charge in [0.15, 0.2) is 5.82 Å². The van der Waals surface area contributed by atoms with Crippen molar-refractivity contribution in [2.75, 3.05) is 31.3 Å². The number of carbonyl (C=O) groups is 1. The van der Waals surface area contributed by atoms with Crippen molar-refractivity contribution in [3.63, 3.8) is 0 Å². The summed E-state index contributed by atoms with van der Waals surface area (Å²) in [4.78, 5) is 26.1. The third-order valence-corrected chi connectivity index (χ3v) is 4.45. The highest BCUT2D eigenvalue weighted by Crippen LogP contribution is 2.19. The number of carbonyl (C=O) groups excluding carboxylic acids is 1. The molecule has 0 bridgehead atoms. The molecule has 1 amide bonds. The van der Waals surface area contributed by atoms with Gasteiger partial charge in [-0.1, -0.05) is 11.6 Å². The molecule has 1 aliphatic rings. The molecule has 28 heavy (non-hydrogen) atoms. The quantitative estimate of drug-likeness (QED) is 0.690. The summed E-state index contributed by atoms with van der Waals surface area (Å²) >= 11 is 0. The van der Waals surface area contributed by atoms with Crippen LogP contribution in [0.15, 0.2) is 48.9 Å². The molecule has 0 unspecified atom stereocenters. The molecule has 3 heterocycles. The molecule has 0 radical (unpaired) electrons. The van der Waals surface area contributed by atoms with E-state index in [0.29, 0.717) is 43.3 Å². The zero-order valence-electron chi connectivity index (χ0n) is 15.3. The summed E-state index contributed by atoms with van der Waals surface area (Å²) in [5.74, 6) is -0.0178. The fraction of sp³-hybridized carbons (Fsp3) is 0.263. The van der Waals surface area contributed by atoms with Crippen molar-refractivity contribution in [3.8, 4) is 5.69 Å². The van der Waals surface area contributed by atoms with Gasteiger partial charge in [0.05, 0.1) is 43.0 Å². The van der Waals surface area contributed by atoms with Crippen molar-refractivity contribution in [1.29, 1.82) is 0 Å². The van der Waals surface area contributed by atoms with Crippen molar-refractivity contribution in [3.05, 3.63) is 65.9 Å². The molecule has 3 aromatic rings. The van der Waals surface area contributed by atoms with E-state index < -0.39 is 5.82 Å². The zero-order chi connectivity index (χ0) is 19.5. The van der Waals surface area contributed by atoms with Crippen LogP contribution >= 0.6 is 0 Å². The molecular formula is C19H19FN6O2. The van der Waals surface area contributed by atoms with Gasteiger partial charge < -0.3 is 4.90 Å². The lowest BCUT2D eigenvalue weighted by Gasteiger charge is -2.22. The molecule has 0 N–H and O–H groups in total. The van der Waals surface area contributed by atoms with Gasteiger partial charge in [-0.15, -0.1) is 0 Å². The Morgan fingerprint density at radius 1 is 1.11 bits per heavy atom. The van der Waals surface area contributed by atoms with Crippen molar-refractivity contribution in [2.24, 2.45) is 0 Å². The van der Waals surface area contributed by atoms with Crippen LogP contribution in [-0.4, -0.2) is 57.0 Å². The largest absolute Gasteiger partial charge is 0.334 e. The molecule has 1 aliphatic heterocycles. The fourth-order valence-electron chi connectivity index (χ4n) is 3.05. The summed E-state index contributed by atoms with van der Waals surface area (Å²) in [6.45, 7) is 3.54. The van der Waals surface area contributed by atoms with E-state index in [9.17, 15) is 9.18 Å². The fourth-order valence-corrected chi connectivity index (χ4v) is 3.05. The topological polar surface area (TPSA) is 76.4 Å². The van der Waals surface area contributed by atoms with Crippen molar-refractivity contribution >= 4 is 11.7 Å². The molecule has 4 rings (SSSR count). The van der Waals surface area contributed by atoms with E-state index in [0.717, 1.165) is 11.8 Å². The van der Waals surface area contributed by atoms with Gasteiger partial charge in [0.25, 0.3) is 5.91 Å². The standard InChI is InChI=1S/C19H19FN6O2/c1-14-2-4-17(26-22-6-7-23-26)16(12-14)19(27)24-8-9-25(28-11-10-24)18-5-3-15(20)13-21-18/h2-7,12-13H,8-11H2,1H3. The molecule has 0 atom stereocenters. The number of aryl methyl sites for hydroxylation is 1. The monoisotopic (exact) mass is 382 g/mol. The summed E-state index contributed by atoms with van der Waals surface area (Å²) in [5.41, 5.74) is 2.13. The Morgan fingerprint density at radius 3 is 2.68 bits per heavy atom. The lowest BCUT2D eigenvalue weighted by atomic mass is 10.1. The predicted molar refractivity (Wildman–Crippen MR) is 99.5 cm³/mol. The smallest absolute Gasteiger partial charge is 0.256 e. The Morgan fingerprint density at radius 2 is 1.93 bits per heavy atom. The number of anilines is 1. The number of amides is 1. The highest BCUT2D eigenvalue weighted by atomic mass is 19.1. The van der Waals surface area contributed by atoms with E-state index >= 15 is 0 Å². The molecule has 8 nitrogen and oxygen atoms in total. The van der Waals surface area contributed by atoms with Gasteiger partial charge in [0.2, 0.25) is 0 Å². The molecule has 2 aromatic heterocycles. The van der Waals surface area contributed by atoms with E-state index in [-0.39, 0.29) is 5.91 Å². The first-order valence-corrected chi connectivity index (χ1v) is 8.90. The maximum atomic E-state index is 13.2. The molecular weight excluding hydrogens is 363 g/mol. The SMILES string of the molecule is Cc1ccc(-n2nccn2)c(C(=O)N2CCON(c3ccc(F)cn3)CC2)c1. The van der Waals surface area contributed by atoms with Crippen LogP contribution in [0.25, 0.3) is 5.69 Å². The van der Waals surface area contributed by atoms with E-state index in [2.05, 4.69) is 15.2 Å². The zero-order valence-corrected chi connectivity index (χ0v) is 15.3. The van der Waals surface area contributed by atoms with E-state index in [1.54, 1.807) is 28.4 Å². The van der Waals surface area contributed by atoms with Gasteiger partial charge >= 0.3 is 0 Å². The van der Waals surface area contributed by atoms with Gasteiger partial charge in [0.1, 0.15) is 5.82 Å². The summed E-state index contributed by atoms with van der Waals surface area (Å²) in [7, 11) is 0. The second-order valence-corrected chi connectivity index (χ2v) is 6.40. The first kappa shape index (κ1) is 18.1. The minimum absolute atomic E-state index is 0.117. The van der Waals surface area contributed by atoms with Crippen LogP contribution in [0, 0.1) is 12.7 Å². The third-order valence-electron chi connectivity index (χ3n) is 4.45. The molecule has 0 saturated carbocycles. The van der Waals surface area contributed by atoms with Crippen molar-refractivity contribution in [2.45, 2.75) is 6.92 Å².